The fourth-order valence-electron chi connectivity index (χ4n) is 2.66. The van der Waals surface area contributed by atoms with Crippen LogP contribution in [0.25, 0.3) is 0 Å². The molecule has 122 valence electrons. The molecule has 3 aromatic rings. The Morgan fingerprint density at radius 2 is 0.917 bits per heavy atom. The molecule has 0 saturated heterocycles. The summed E-state index contributed by atoms with van der Waals surface area (Å²) >= 11 is 0. The van der Waals surface area contributed by atoms with Crippen molar-refractivity contribution in [3.05, 3.63) is 83.9 Å². The molecule has 6 N–H and O–H groups in total. The highest BCUT2D eigenvalue weighted by molar-refractivity contribution is 5.48. The minimum absolute atomic E-state index is 0.683. The van der Waals surface area contributed by atoms with Crippen LogP contribution < -0.4 is 21.9 Å². The second-order valence-corrected chi connectivity index (χ2v) is 5.95. The molecule has 0 atom stereocenters. The summed E-state index contributed by atoms with van der Waals surface area (Å²) in [5.74, 6) is 0.736. The first-order chi connectivity index (χ1) is 11.5. The van der Waals surface area contributed by atoms with Crippen molar-refractivity contribution in [3.8, 4) is 5.75 Å². The molecular formula is C20H21N3O. The molecule has 0 heterocycles. The van der Waals surface area contributed by atoms with Gasteiger partial charge in [-0.05, 0) is 66.6 Å². The van der Waals surface area contributed by atoms with Crippen LogP contribution in [0.4, 0.5) is 17.1 Å². The van der Waals surface area contributed by atoms with Crippen molar-refractivity contribution < 1.29 is 4.74 Å². The van der Waals surface area contributed by atoms with Gasteiger partial charge in [0.15, 0.2) is 5.60 Å². The van der Waals surface area contributed by atoms with E-state index in [1.54, 1.807) is 0 Å². The van der Waals surface area contributed by atoms with Gasteiger partial charge in [0.2, 0.25) is 0 Å². The third-order valence-electron chi connectivity index (χ3n) is 4.13. The molecule has 3 aromatic carbocycles. The van der Waals surface area contributed by atoms with Gasteiger partial charge >= 0.3 is 0 Å². The van der Waals surface area contributed by atoms with E-state index < -0.39 is 5.60 Å². The topological polar surface area (TPSA) is 87.3 Å². The van der Waals surface area contributed by atoms with Crippen LogP contribution in [-0.4, -0.2) is 0 Å². The average molecular weight is 319 g/mol. The van der Waals surface area contributed by atoms with Crippen LogP contribution in [0.3, 0.4) is 0 Å². The smallest absolute Gasteiger partial charge is 0.156 e. The summed E-state index contributed by atoms with van der Waals surface area (Å²) in [4.78, 5) is 0. The van der Waals surface area contributed by atoms with Crippen LogP contribution in [0.15, 0.2) is 72.8 Å². The summed E-state index contributed by atoms with van der Waals surface area (Å²) < 4.78 is 6.37. The molecule has 3 rings (SSSR count). The molecule has 0 aromatic heterocycles. The molecule has 0 aliphatic rings. The molecule has 0 radical (unpaired) electrons. The third-order valence-corrected chi connectivity index (χ3v) is 4.13. The van der Waals surface area contributed by atoms with E-state index in [1.165, 1.54) is 0 Å². The number of nitrogens with two attached hydrogens (primary N) is 3. The van der Waals surface area contributed by atoms with Gasteiger partial charge in [0.25, 0.3) is 0 Å². The monoisotopic (exact) mass is 319 g/mol. The molecule has 0 unspecified atom stereocenters. The molecule has 0 bridgehead atoms. The minimum Gasteiger partial charge on any atom is -0.478 e. The van der Waals surface area contributed by atoms with E-state index in [0.717, 1.165) is 16.9 Å². The zero-order chi connectivity index (χ0) is 17.2. The van der Waals surface area contributed by atoms with Crippen LogP contribution in [-0.2, 0) is 5.60 Å². The van der Waals surface area contributed by atoms with Gasteiger partial charge in [0.1, 0.15) is 5.75 Å². The Bertz CT molecular complexity index is 764. The van der Waals surface area contributed by atoms with E-state index in [4.69, 9.17) is 21.9 Å². The highest BCUT2D eigenvalue weighted by Gasteiger charge is 2.31. The Morgan fingerprint density at radius 3 is 1.29 bits per heavy atom. The van der Waals surface area contributed by atoms with Crippen molar-refractivity contribution in [1.82, 2.24) is 0 Å². The fourth-order valence-corrected chi connectivity index (χ4v) is 2.66. The highest BCUT2D eigenvalue weighted by Crippen LogP contribution is 2.35. The van der Waals surface area contributed by atoms with Crippen LogP contribution in [0.2, 0.25) is 0 Å². The highest BCUT2D eigenvalue weighted by atomic mass is 16.5. The Hall–Kier alpha value is -3.14. The molecular weight excluding hydrogens is 298 g/mol. The van der Waals surface area contributed by atoms with Crippen LogP contribution >= 0.6 is 0 Å². The largest absolute Gasteiger partial charge is 0.478 e. The van der Waals surface area contributed by atoms with Crippen LogP contribution in [0, 0.1) is 0 Å². The summed E-state index contributed by atoms with van der Waals surface area (Å²) in [5, 5.41) is 0. The van der Waals surface area contributed by atoms with Crippen molar-refractivity contribution in [2.75, 3.05) is 17.2 Å². The lowest BCUT2D eigenvalue weighted by molar-refractivity contribution is 0.132. The Labute approximate surface area is 141 Å². The molecule has 0 saturated carbocycles. The van der Waals surface area contributed by atoms with Crippen molar-refractivity contribution >= 4 is 17.1 Å². The molecule has 0 aliphatic heterocycles. The lowest BCUT2D eigenvalue weighted by Crippen LogP contribution is -2.31. The Kier molecular flexibility index (Phi) is 4.04. The van der Waals surface area contributed by atoms with E-state index in [0.29, 0.717) is 17.1 Å². The van der Waals surface area contributed by atoms with Gasteiger partial charge < -0.3 is 21.9 Å². The number of ether oxygens (including phenoxy) is 1. The van der Waals surface area contributed by atoms with E-state index in [-0.39, 0.29) is 0 Å². The minimum atomic E-state index is -0.683. The zero-order valence-electron chi connectivity index (χ0n) is 13.6. The van der Waals surface area contributed by atoms with E-state index in [2.05, 4.69) is 0 Å². The number of rotatable bonds is 4. The predicted octanol–water partition coefficient (Wildman–Crippen LogP) is 3.78. The standard InChI is InChI=1S/C20H21N3O/c1-20(14-2-6-16(21)7-3-14,15-4-8-17(22)9-5-15)24-19-12-10-18(23)11-13-19/h2-13H,21-23H2,1H3. The SMILES string of the molecule is CC(Oc1ccc(N)cc1)(c1ccc(N)cc1)c1ccc(N)cc1. The summed E-state index contributed by atoms with van der Waals surface area (Å²) in [6.07, 6.45) is 0. The average Bonchev–Trinajstić information content (AvgIpc) is 2.58. The van der Waals surface area contributed by atoms with Gasteiger partial charge in [-0.15, -0.1) is 0 Å². The maximum absolute atomic E-state index is 6.37. The van der Waals surface area contributed by atoms with Crippen molar-refractivity contribution in [2.45, 2.75) is 12.5 Å². The first kappa shape index (κ1) is 15.7. The molecule has 0 amide bonds. The summed E-state index contributed by atoms with van der Waals surface area (Å²) in [6.45, 7) is 2.03. The summed E-state index contributed by atoms with van der Waals surface area (Å²) in [6, 6.07) is 22.8. The second kappa shape index (κ2) is 6.16. The van der Waals surface area contributed by atoms with Gasteiger partial charge in [-0.25, -0.2) is 0 Å². The lowest BCUT2D eigenvalue weighted by Gasteiger charge is -2.32. The fraction of sp³-hybridized carbons (Fsp3) is 0.100. The van der Waals surface area contributed by atoms with Crippen LogP contribution in [0.5, 0.6) is 5.75 Å². The van der Waals surface area contributed by atoms with E-state index in [1.807, 2.05) is 79.7 Å². The second-order valence-electron chi connectivity index (χ2n) is 5.95. The predicted molar refractivity (Wildman–Crippen MR) is 99.6 cm³/mol. The van der Waals surface area contributed by atoms with Gasteiger partial charge in [-0.3, -0.25) is 0 Å². The van der Waals surface area contributed by atoms with E-state index in [9.17, 15) is 0 Å². The molecule has 0 aliphatic carbocycles. The first-order valence-corrected chi connectivity index (χ1v) is 7.74. The molecule has 0 fully saturated rings. The Balaban J connectivity index is 2.07. The number of benzene rings is 3. The number of anilines is 3. The van der Waals surface area contributed by atoms with Crippen molar-refractivity contribution in [3.63, 3.8) is 0 Å². The first-order valence-electron chi connectivity index (χ1n) is 7.74. The molecule has 4 nitrogen and oxygen atoms in total. The van der Waals surface area contributed by atoms with Gasteiger partial charge in [0.05, 0.1) is 0 Å². The molecule has 4 heteroatoms. The van der Waals surface area contributed by atoms with Crippen molar-refractivity contribution in [1.29, 1.82) is 0 Å². The van der Waals surface area contributed by atoms with Gasteiger partial charge in [-0.1, -0.05) is 24.3 Å². The molecule has 0 spiro atoms. The van der Waals surface area contributed by atoms with Gasteiger partial charge in [-0.2, -0.15) is 0 Å². The van der Waals surface area contributed by atoms with Crippen LogP contribution in [0.1, 0.15) is 18.1 Å². The lowest BCUT2D eigenvalue weighted by atomic mass is 9.87. The number of nitrogen functional groups attached to an aromatic ring is 3. The quantitative estimate of drug-likeness (QED) is 0.639. The van der Waals surface area contributed by atoms with E-state index >= 15 is 0 Å². The Morgan fingerprint density at radius 1 is 0.583 bits per heavy atom. The van der Waals surface area contributed by atoms with Gasteiger partial charge in [0, 0.05) is 17.1 Å². The zero-order valence-corrected chi connectivity index (χ0v) is 13.6. The maximum Gasteiger partial charge on any atom is 0.156 e. The number of hydrogen-bond donors (Lipinski definition) is 3. The van der Waals surface area contributed by atoms with Crippen molar-refractivity contribution in [2.24, 2.45) is 0 Å². The molecule has 24 heavy (non-hydrogen) atoms. The third kappa shape index (κ3) is 3.13. The maximum atomic E-state index is 6.37. The summed E-state index contributed by atoms with van der Waals surface area (Å²) in [5.41, 5.74) is 20.9. The normalized spacial score (nSPS) is 11.2. The summed E-state index contributed by atoms with van der Waals surface area (Å²) in [7, 11) is 0. The number of hydrogen-bond acceptors (Lipinski definition) is 4.